The monoisotopic (exact) mass is 200 g/mol. The molecule has 1 saturated heterocycles. The zero-order chi connectivity index (χ0) is 10.6. The number of hydrogen-bond acceptors (Lipinski definition) is 3. The summed E-state index contributed by atoms with van der Waals surface area (Å²) in [6.45, 7) is 10.5. The van der Waals surface area contributed by atoms with Crippen molar-refractivity contribution in [3.05, 3.63) is 0 Å². The molecule has 1 atom stereocenters. The molecule has 1 heterocycles. The summed E-state index contributed by atoms with van der Waals surface area (Å²) in [5.74, 6) is 0. The Morgan fingerprint density at radius 2 is 1.93 bits per heavy atom. The minimum Gasteiger partial charge on any atom is -0.392 e. The van der Waals surface area contributed by atoms with Gasteiger partial charge in [-0.15, -0.1) is 0 Å². The van der Waals surface area contributed by atoms with Gasteiger partial charge < -0.3 is 15.3 Å². The molecular weight excluding hydrogens is 176 g/mol. The zero-order valence-corrected chi connectivity index (χ0v) is 9.71. The van der Waals surface area contributed by atoms with E-state index in [0.717, 1.165) is 13.1 Å². The standard InChI is InChI=1S/C11H24N2O/c1-10(14)11(2,3)12-6-9-13-7-4-5-8-13/h10,12,14H,4-9H2,1-3H3. The fraction of sp³-hybridized carbons (Fsp3) is 1.00. The minimum atomic E-state index is -0.305. The van der Waals surface area contributed by atoms with E-state index in [1.165, 1.54) is 25.9 Å². The van der Waals surface area contributed by atoms with Gasteiger partial charge in [-0.3, -0.25) is 0 Å². The van der Waals surface area contributed by atoms with E-state index >= 15 is 0 Å². The van der Waals surface area contributed by atoms with Crippen LogP contribution in [0, 0.1) is 0 Å². The van der Waals surface area contributed by atoms with Crippen LogP contribution in [0.4, 0.5) is 0 Å². The molecule has 3 heteroatoms. The molecule has 1 rings (SSSR count). The summed E-state index contributed by atoms with van der Waals surface area (Å²) in [5, 5.41) is 12.9. The molecule has 0 spiro atoms. The van der Waals surface area contributed by atoms with Crippen molar-refractivity contribution in [2.45, 2.75) is 45.3 Å². The summed E-state index contributed by atoms with van der Waals surface area (Å²) in [5.41, 5.74) is -0.167. The quantitative estimate of drug-likeness (QED) is 0.690. The van der Waals surface area contributed by atoms with Gasteiger partial charge in [0.2, 0.25) is 0 Å². The van der Waals surface area contributed by atoms with E-state index in [1.807, 2.05) is 20.8 Å². The molecule has 0 amide bonds. The first-order valence-corrected chi connectivity index (χ1v) is 5.68. The molecule has 2 N–H and O–H groups in total. The van der Waals surface area contributed by atoms with Crippen molar-refractivity contribution in [2.75, 3.05) is 26.2 Å². The molecule has 14 heavy (non-hydrogen) atoms. The maximum atomic E-state index is 9.50. The van der Waals surface area contributed by atoms with Gasteiger partial charge >= 0.3 is 0 Å². The summed E-state index contributed by atoms with van der Waals surface area (Å²) in [6.07, 6.45) is 2.39. The second-order valence-electron chi connectivity index (χ2n) is 4.87. The Labute approximate surface area is 87.5 Å². The van der Waals surface area contributed by atoms with Crippen LogP contribution in [0.25, 0.3) is 0 Å². The summed E-state index contributed by atoms with van der Waals surface area (Å²) in [4.78, 5) is 2.48. The number of rotatable bonds is 5. The lowest BCUT2D eigenvalue weighted by molar-refractivity contribution is 0.0949. The van der Waals surface area contributed by atoms with Crippen LogP contribution in [-0.2, 0) is 0 Å². The third kappa shape index (κ3) is 3.56. The molecule has 0 aromatic carbocycles. The SMILES string of the molecule is CC(O)C(C)(C)NCCN1CCCC1. The highest BCUT2D eigenvalue weighted by Gasteiger charge is 2.23. The fourth-order valence-electron chi connectivity index (χ4n) is 1.69. The second kappa shape index (κ2) is 5.10. The lowest BCUT2D eigenvalue weighted by Crippen LogP contribution is -2.50. The Morgan fingerprint density at radius 3 is 2.43 bits per heavy atom. The molecule has 1 fully saturated rings. The van der Waals surface area contributed by atoms with Crippen LogP contribution in [0.15, 0.2) is 0 Å². The predicted molar refractivity (Wildman–Crippen MR) is 59.4 cm³/mol. The Balaban J connectivity index is 2.13. The number of aliphatic hydroxyl groups excluding tert-OH is 1. The first kappa shape index (κ1) is 12.0. The van der Waals surface area contributed by atoms with Crippen LogP contribution >= 0.6 is 0 Å². The Hall–Kier alpha value is -0.120. The Kier molecular flexibility index (Phi) is 4.35. The summed E-state index contributed by atoms with van der Waals surface area (Å²) in [7, 11) is 0. The molecule has 0 bridgehead atoms. The predicted octanol–water partition coefficient (Wildman–Crippen LogP) is 0.831. The molecular formula is C11H24N2O. The van der Waals surface area contributed by atoms with Gasteiger partial charge in [0.05, 0.1) is 6.10 Å². The second-order valence-corrected chi connectivity index (χ2v) is 4.87. The van der Waals surface area contributed by atoms with Crippen molar-refractivity contribution >= 4 is 0 Å². The minimum absolute atomic E-state index is 0.167. The highest BCUT2D eigenvalue weighted by molar-refractivity contribution is 4.83. The highest BCUT2D eigenvalue weighted by atomic mass is 16.3. The van der Waals surface area contributed by atoms with Crippen molar-refractivity contribution in [3.8, 4) is 0 Å². The van der Waals surface area contributed by atoms with Gasteiger partial charge in [0.1, 0.15) is 0 Å². The van der Waals surface area contributed by atoms with Crippen LogP contribution in [0.1, 0.15) is 33.6 Å². The third-order valence-corrected chi connectivity index (χ3v) is 3.25. The first-order valence-electron chi connectivity index (χ1n) is 5.68. The van der Waals surface area contributed by atoms with Gasteiger partial charge in [0.25, 0.3) is 0 Å². The normalized spacial score (nSPS) is 21.4. The molecule has 0 radical (unpaired) electrons. The first-order chi connectivity index (χ1) is 6.52. The largest absolute Gasteiger partial charge is 0.392 e. The van der Waals surface area contributed by atoms with Crippen LogP contribution < -0.4 is 5.32 Å². The number of aliphatic hydroxyl groups is 1. The molecule has 0 aromatic rings. The zero-order valence-electron chi connectivity index (χ0n) is 9.71. The summed E-state index contributed by atoms with van der Waals surface area (Å²) in [6, 6.07) is 0. The summed E-state index contributed by atoms with van der Waals surface area (Å²) >= 11 is 0. The van der Waals surface area contributed by atoms with Gasteiger partial charge in [-0.25, -0.2) is 0 Å². The van der Waals surface area contributed by atoms with E-state index in [9.17, 15) is 5.11 Å². The van der Waals surface area contributed by atoms with Crippen LogP contribution in [-0.4, -0.2) is 47.8 Å². The van der Waals surface area contributed by atoms with Crippen LogP contribution in [0.3, 0.4) is 0 Å². The lowest BCUT2D eigenvalue weighted by atomic mass is 9.99. The van der Waals surface area contributed by atoms with Gasteiger partial charge in [-0.1, -0.05) is 0 Å². The molecule has 0 aliphatic carbocycles. The average molecular weight is 200 g/mol. The highest BCUT2D eigenvalue weighted by Crippen LogP contribution is 2.09. The van der Waals surface area contributed by atoms with E-state index in [0.29, 0.717) is 0 Å². The number of nitrogens with one attached hydrogen (secondary N) is 1. The smallest absolute Gasteiger partial charge is 0.0688 e. The summed E-state index contributed by atoms with van der Waals surface area (Å²) < 4.78 is 0. The van der Waals surface area contributed by atoms with Crippen LogP contribution in [0.5, 0.6) is 0 Å². The molecule has 3 nitrogen and oxygen atoms in total. The molecule has 1 aliphatic rings. The van der Waals surface area contributed by atoms with E-state index < -0.39 is 0 Å². The Morgan fingerprint density at radius 1 is 1.36 bits per heavy atom. The molecule has 1 aliphatic heterocycles. The maximum Gasteiger partial charge on any atom is 0.0688 e. The van der Waals surface area contributed by atoms with Crippen molar-refractivity contribution in [1.82, 2.24) is 10.2 Å². The number of hydrogen-bond donors (Lipinski definition) is 2. The lowest BCUT2D eigenvalue weighted by Gasteiger charge is -2.30. The van der Waals surface area contributed by atoms with Gasteiger partial charge in [0, 0.05) is 18.6 Å². The fourth-order valence-corrected chi connectivity index (χ4v) is 1.69. The topological polar surface area (TPSA) is 35.5 Å². The average Bonchev–Trinajstić information content (AvgIpc) is 2.56. The van der Waals surface area contributed by atoms with E-state index in [2.05, 4.69) is 10.2 Å². The molecule has 1 unspecified atom stereocenters. The van der Waals surface area contributed by atoms with Gasteiger partial charge in [0.15, 0.2) is 0 Å². The van der Waals surface area contributed by atoms with E-state index in [4.69, 9.17) is 0 Å². The number of nitrogens with zero attached hydrogens (tertiary/aromatic N) is 1. The molecule has 84 valence electrons. The van der Waals surface area contributed by atoms with Crippen molar-refractivity contribution < 1.29 is 5.11 Å². The van der Waals surface area contributed by atoms with E-state index in [1.54, 1.807) is 0 Å². The van der Waals surface area contributed by atoms with Gasteiger partial charge in [-0.05, 0) is 46.7 Å². The van der Waals surface area contributed by atoms with Crippen molar-refractivity contribution in [1.29, 1.82) is 0 Å². The van der Waals surface area contributed by atoms with Crippen LogP contribution in [0.2, 0.25) is 0 Å². The molecule has 0 aromatic heterocycles. The molecule has 0 saturated carbocycles. The van der Waals surface area contributed by atoms with Crippen molar-refractivity contribution in [2.24, 2.45) is 0 Å². The van der Waals surface area contributed by atoms with E-state index in [-0.39, 0.29) is 11.6 Å². The van der Waals surface area contributed by atoms with Crippen molar-refractivity contribution in [3.63, 3.8) is 0 Å². The van der Waals surface area contributed by atoms with Gasteiger partial charge in [-0.2, -0.15) is 0 Å². The maximum absolute atomic E-state index is 9.50. The number of likely N-dealkylation sites (tertiary alicyclic amines) is 1. The Bertz CT molecular complexity index is 163. The third-order valence-electron chi connectivity index (χ3n) is 3.25.